The average molecular weight is 459 g/mol. The molecule has 0 unspecified atom stereocenters. The quantitative estimate of drug-likeness (QED) is 0.601. The van der Waals surface area contributed by atoms with Crippen LogP contribution in [0.3, 0.4) is 0 Å². The van der Waals surface area contributed by atoms with Crippen molar-refractivity contribution < 1.29 is 13.2 Å². The Labute approximate surface area is 186 Å². The summed E-state index contributed by atoms with van der Waals surface area (Å²) in [6.45, 7) is 4.78. The van der Waals surface area contributed by atoms with Crippen molar-refractivity contribution in [3.63, 3.8) is 0 Å². The number of hydrogen-bond donors (Lipinski definition) is 0. The minimum Gasteiger partial charge on any atom is -0.336 e. The van der Waals surface area contributed by atoms with Gasteiger partial charge in [0.1, 0.15) is 0 Å². The fourth-order valence-electron chi connectivity index (χ4n) is 3.84. The lowest BCUT2D eigenvalue weighted by Crippen LogP contribution is -2.50. The zero-order chi connectivity index (χ0) is 22.2. The molecule has 3 aromatic rings. The zero-order valence-electron chi connectivity index (χ0n) is 17.3. The maximum Gasteiger partial charge on any atom is 0.257 e. The van der Waals surface area contributed by atoms with Crippen LogP contribution in [0.1, 0.15) is 21.7 Å². The number of amides is 1. The minimum atomic E-state index is -3.65. The van der Waals surface area contributed by atoms with Crippen LogP contribution in [0.2, 0.25) is 5.02 Å². The Hall–Kier alpha value is -2.68. The molecule has 1 aromatic heterocycles. The highest BCUT2D eigenvalue weighted by Crippen LogP contribution is 2.23. The number of rotatable bonds is 4. The number of halogens is 1. The molecule has 0 aliphatic carbocycles. The smallest absolute Gasteiger partial charge is 0.257 e. The molecule has 0 N–H and O–H groups in total. The van der Waals surface area contributed by atoms with Crippen LogP contribution in [0.15, 0.2) is 59.5 Å². The number of para-hydroxylation sites is 1. The first-order valence-electron chi connectivity index (χ1n) is 9.95. The Morgan fingerprint density at radius 1 is 0.968 bits per heavy atom. The van der Waals surface area contributed by atoms with Gasteiger partial charge in [0, 0.05) is 31.2 Å². The highest BCUT2D eigenvalue weighted by Gasteiger charge is 2.32. The van der Waals surface area contributed by atoms with Gasteiger partial charge in [-0.3, -0.25) is 4.79 Å². The van der Waals surface area contributed by atoms with Crippen LogP contribution < -0.4 is 0 Å². The van der Waals surface area contributed by atoms with Crippen molar-refractivity contribution in [2.24, 2.45) is 0 Å². The summed E-state index contributed by atoms with van der Waals surface area (Å²) in [6.07, 6.45) is 0. The largest absolute Gasteiger partial charge is 0.336 e. The van der Waals surface area contributed by atoms with Crippen molar-refractivity contribution in [2.45, 2.75) is 18.7 Å². The lowest BCUT2D eigenvalue weighted by Gasteiger charge is -2.34. The lowest BCUT2D eigenvalue weighted by molar-refractivity contribution is 0.0696. The number of carbonyl (C=O) groups is 1. The number of nitrogens with zero attached hydrogens (tertiary/aromatic N) is 4. The molecular weight excluding hydrogens is 436 g/mol. The molecular formula is C22H23ClN4O3S. The molecule has 1 aliphatic heterocycles. The fraction of sp³-hybridized carbons (Fsp3) is 0.273. The van der Waals surface area contributed by atoms with Crippen LogP contribution in [0.4, 0.5) is 0 Å². The van der Waals surface area contributed by atoms with Gasteiger partial charge in [-0.15, -0.1) is 0 Å². The van der Waals surface area contributed by atoms with Crippen molar-refractivity contribution in [3.05, 3.63) is 76.6 Å². The first kappa shape index (κ1) is 21.5. The molecule has 31 heavy (non-hydrogen) atoms. The van der Waals surface area contributed by atoms with Crippen LogP contribution >= 0.6 is 11.6 Å². The van der Waals surface area contributed by atoms with Crippen LogP contribution in [-0.4, -0.2) is 59.5 Å². The van der Waals surface area contributed by atoms with E-state index in [0.29, 0.717) is 29.4 Å². The van der Waals surface area contributed by atoms with E-state index in [0.717, 1.165) is 11.4 Å². The summed E-state index contributed by atoms with van der Waals surface area (Å²) in [5, 5.41) is 4.92. The molecule has 7 nitrogen and oxygen atoms in total. The van der Waals surface area contributed by atoms with E-state index in [1.807, 2.05) is 44.2 Å². The van der Waals surface area contributed by atoms with Crippen LogP contribution in [-0.2, 0) is 10.0 Å². The highest BCUT2D eigenvalue weighted by molar-refractivity contribution is 7.89. The number of piperazine rings is 1. The van der Waals surface area contributed by atoms with E-state index >= 15 is 0 Å². The number of carbonyl (C=O) groups excluding carboxylic acids is 1. The van der Waals surface area contributed by atoms with E-state index in [1.54, 1.807) is 21.7 Å². The molecule has 1 amide bonds. The second-order valence-corrected chi connectivity index (χ2v) is 9.82. The van der Waals surface area contributed by atoms with Crippen molar-refractivity contribution in [1.82, 2.24) is 19.0 Å². The van der Waals surface area contributed by atoms with Crippen LogP contribution in [0.5, 0.6) is 0 Å². The first-order valence-corrected chi connectivity index (χ1v) is 11.8. The van der Waals surface area contributed by atoms with E-state index in [9.17, 15) is 13.2 Å². The molecule has 162 valence electrons. The summed E-state index contributed by atoms with van der Waals surface area (Å²) >= 11 is 5.95. The molecule has 1 aliphatic rings. The number of aryl methyl sites for hydroxylation is 1. The second kappa shape index (κ2) is 8.45. The van der Waals surface area contributed by atoms with Gasteiger partial charge in [0.2, 0.25) is 10.0 Å². The van der Waals surface area contributed by atoms with Gasteiger partial charge < -0.3 is 4.90 Å². The fourth-order valence-corrected chi connectivity index (χ4v) is 5.56. The lowest BCUT2D eigenvalue weighted by atomic mass is 10.1. The van der Waals surface area contributed by atoms with Gasteiger partial charge in [0.15, 0.2) is 0 Å². The summed E-state index contributed by atoms with van der Waals surface area (Å²) in [6, 6.07) is 15.9. The third-order valence-corrected chi connectivity index (χ3v) is 7.60. The summed E-state index contributed by atoms with van der Waals surface area (Å²) in [7, 11) is -3.65. The number of benzene rings is 2. The molecule has 0 saturated carbocycles. The average Bonchev–Trinajstić information content (AvgIpc) is 3.08. The van der Waals surface area contributed by atoms with E-state index in [4.69, 9.17) is 11.6 Å². The minimum absolute atomic E-state index is 0.128. The molecule has 4 rings (SSSR count). The zero-order valence-corrected chi connectivity index (χ0v) is 18.9. The van der Waals surface area contributed by atoms with E-state index in [1.165, 1.54) is 16.4 Å². The Morgan fingerprint density at radius 3 is 2.29 bits per heavy atom. The molecule has 0 bridgehead atoms. The number of aromatic nitrogens is 2. The molecule has 1 saturated heterocycles. The summed E-state index contributed by atoms with van der Waals surface area (Å²) in [5.41, 5.74) is 2.87. The Morgan fingerprint density at radius 2 is 1.65 bits per heavy atom. The van der Waals surface area contributed by atoms with Crippen molar-refractivity contribution in [3.8, 4) is 5.69 Å². The summed E-state index contributed by atoms with van der Waals surface area (Å²) in [4.78, 5) is 15.1. The van der Waals surface area contributed by atoms with E-state index in [-0.39, 0.29) is 23.9 Å². The molecule has 0 atom stereocenters. The maximum absolute atomic E-state index is 13.2. The predicted molar refractivity (Wildman–Crippen MR) is 119 cm³/mol. The van der Waals surface area contributed by atoms with Gasteiger partial charge in [-0.2, -0.15) is 9.40 Å². The van der Waals surface area contributed by atoms with Crippen molar-refractivity contribution in [1.29, 1.82) is 0 Å². The third kappa shape index (κ3) is 4.11. The standard InChI is InChI=1S/C22H23ClN4O3S/c1-16-21(17(2)27(24-16)19-8-4-3-5-9-19)22(28)25-11-13-26(14-12-25)31(29,30)20-10-6-7-18(23)15-20/h3-10,15H,11-14H2,1-2H3. The summed E-state index contributed by atoms with van der Waals surface area (Å²) < 4.78 is 29.0. The van der Waals surface area contributed by atoms with Gasteiger partial charge in [0.05, 0.1) is 27.5 Å². The second-order valence-electron chi connectivity index (χ2n) is 7.45. The Kier molecular flexibility index (Phi) is 5.88. The predicted octanol–water partition coefficient (Wildman–Crippen LogP) is 3.29. The maximum atomic E-state index is 13.2. The SMILES string of the molecule is Cc1nn(-c2ccccc2)c(C)c1C(=O)N1CCN(S(=O)(=O)c2cccc(Cl)c2)CC1. The summed E-state index contributed by atoms with van der Waals surface area (Å²) in [5.74, 6) is -0.128. The Bertz CT molecular complexity index is 1220. The molecule has 0 spiro atoms. The van der Waals surface area contributed by atoms with Crippen molar-refractivity contribution >= 4 is 27.5 Å². The van der Waals surface area contributed by atoms with Crippen LogP contribution in [0.25, 0.3) is 5.69 Å². The Balaban J connectivity index is 1.51. The van der Waals surface area contributed by atoms with Gasteiger partial charge >= 0.3 is 0 Å². The monoisotopic (exact) mass is 458 g/mol. The normalized spacial score (nSPS) is 15.3. The van der Waals surface area contributed by atoms with Crippen molar-refractivity contribution in [2.75, 3.05) is 26.2 Å². The van der Waals surface area contributed by atoms with Gasteiger partial charge in [-0.05, 0) is 44.2 Å². The molecule has 2 aromatic carbocycles. The number of hydrogen-bond acceptors (Lipinski definition) is 4. The van der Waals surface area contributed by atoms with Gasteiger partial charge in [-0.25, -0.2) is 13.1 Å². The van der Waals surface area contributed by atoms with Gasteiger partial charge in [-0.1, -0.05) is 35.9 Å². The van der Waals surface area contributed by atoms with Crippen LogP contribution in [0, 0.1) is 13.8 Å². The molecule has 2 heterocycles. The topological polar surface area (TPSA) is 75.5 Å². The van der Waals surface area contributed by atoms with E-state index in [2.05, 4.69) is 5.10 Å². The molecule has 0 radical (unpaired) electrons. The number of sulfonamides is 1. The molecule has 1 fully saturated rings. The molecule has 9 heteroatoms. The van der Waals surface area contributed by atoms with E-state index < -0.39 is 10.0 Å². The third-order valence-electron chi connectivity index (χ3n) is 5.47. The van der Waals surface area contributed by atoms with Gasteiger partial charge in [0.25, 0.3) is 5.91 Å². The highest BCUT2D eigenvalue weighted by atomic mass is 35.5. The first-order chi connectivity index (χ1) is 14.8.